The largest absolute Gasteiger partial charge is 0.360 e. The van der Waals surface area contributed by atoms with Crippen molar-refractivity contribution in [2.24, 2.45) is 0 Å². The van der Waals surface area contributed by atoms with Crippen LogP contribution in [0.1, 0.15) is 61.5 Å². The van der Waals surface area contributed by atoms with E-state index in [0.29, 0.717) is 17.7 Å². The summed E-state index contributed by atoms with van der Waals surface area (Å²) >= 11 is 0. The molecule has 4 rings (SSSR count). The number of carbonyl (C=O) groups excluding carboxylic acids is 1. The Morgan fingerprint density at radius 3 is 2.62 bits per heavy atom. The van der Waals surface area contributed by atoms with Gasteiger partial charge in [-0.25, -0.2) is 9.97 Å². The second-order valence-electron chi connectivity index (χ2n) is 7.47. The molecule has 1 N–H and O–H groups in total. The summed E-state index contributed by atoms with van der Waals surface area (Å²) in [7, 11) is 0. The van der Waals surface area contributed by atoms with Gasteiger partial charge in [0.05, 0.1) is 5.69 Å². The fourth-order valence-electron chi connectivity index (χ4n) is 2.53. The van der Waals surface area contributed by atoms with Gasteiger partial charge in [0.15, 0.2) is 5.69 Å². The Labute approximate surface area is 150 Å². The molecule has 1 saturated carbocycles. The van der Waals surface area contributed by atoms with Crippen molar-refractivity contribution < 1.29 is 9.32 Å². The Morgan fingerprint density at radius 1 is 1.23 bits per heavy atom. The Bertz CT molecular complexity index is 934. The number of amides is 1. The fraction of sp³-hybridized carbons (Fsp3) is 0.389. The van der Waals surface area contributed by atoms with E-state index in [-0.39, 0.29) is 17.0 Å². The molecule has 1 fully saturated rings. The highest BCUT2D eigenvalue weighted by Gasteiger charge is 2.29. The molecule has 0 radical (unpaired) electrons. The van der Waals surface area contributed by atoms with Crippen LogP contribution in [-0.2, 0) is 5.41 Å². The zero-order valence-corrected chi connectivity index (χ0v) is 14.9. The summed E-state index contributed by atoms with van der Waals surface area (Å²) in [4.78, 5) is 21.0. The molecule has 1 amide bonds. The van der Waals surface area contributed by atoms with E-state index in [1.54, 1.807) is 24.5 Å². The van der Waals surface area contributed by atoms with Crippen LogP contribution in [0, 0.1) is 0 Å². The maximum absolute atomic E-state index is 12.6. The summed E-state index contributed by atoms with van der Waals surface area (Å²) in [6.07, 6.45) is 5.43. The second-order valence-corrected chi connectivity index (χ2v) is 7.47. The van der Waals surface area contributed by atoms with Gasteiger partial charge >= 0.3 is 0 Å². The molecule has 8 nitrogen and oxygen atoms in total. The van der Waals surface area contributed by atoms with Crippen molar-refractivity contribution in [3.05, 3.63) is 47.7 Å². The molecule has 0 unspecified atom stereocenters. The summed E-state index contributed by atoms with van der Waals surface area (Å²) in [5, 5.41) is 11.3. The van der Waals surface area contributed by atoms with Crippen LogP contribution in [0.25, 0.3) is 5.95 Å². The normalized spacial score (nSPS) is 14.4. The molecule has 26 heavy (non-hydrogen) atoms. The van der Waals surface area contributed by atoms with Crippen molar-refractivity contribution in [1.29, 1.82) is 0 Å². The number of nitrogens with one attached hydrogen (secondary N) is 1. The van der Waals surface area contributed by atoms with E-state index in [4.69, 9.17) is 4.52 Å². The van der Waals surface area contributed by atoms with E-state index in [0.717, 1.165) is 24.3 Å². The van der Waals surface area contributed by atoms with E-state index in [1.165, 1.54) is 4.68 Å². The summed E-state index contributed by atoms with van der Waals surface area (Å²) < 4.78 is 6.79. The average molecular weight is 352 g/mol. The maximum Gasteiger partial charge on any atom is 0.279 e. The Morgan fingerprint density at radius 2 is 1.96 bits per heavy atom. The van der Waals surface area contributed by atoms with E-state index >= 15 is 0 Å². The maximum atomic E-state index is 12.6. The number of hydrogen-bond donors (Lipinski definition) is 1. The van der Waals surface area contributed by atoms with Crippen LogP contribution in [0.5, 0.6) is 0 Å². The first-order valence-electron chi connectivity index (χ1n) is 8.58. The summed E-state index contributed by atoms with van der Waals surface area (Å²) in [5.74, 6) is 1.70. The number of hydrogen-bond acceptors (Lipinski definition) is 6. The standard InChI is InChI=1S/C18H20N6O2/c1-18(2,3)14-10-15(24(22-14)17-19-7-4-8-20-17)21-16(25)12-9-13(26-23-12)11-5-6-11/h4,7-11H,5-6H2,1-3H3,(H,21,25). The predicted molar refractivity (Wildman–Crippen MR) is 94.3 cm³/mol. The van der Waals surface area contributed by atoms with Crippen molar-refractivity contribution >= 4 is 11.7 Å². The molecule has 0 spiro atoms. The minimum absolute atomic E-state index is 0.188. The average Bonchev–Trinajstić information content (AvgIpc) is 3.18. The van der Waals surface area contributed by atoms with E-state index in [1.807, 2.05) is 6.07 Å². The van der Waals surface area contributed by atoms with Gasteiger partial charge in [0.1, 0.15) is 11.6 Å². The highest BCUT2D eigenvalue weighted by molar-refractivity contribution is 6.02. The lowest BCUT2D eigenvalue weighted by Gasteiger charge is -2.13. The van der Waals surface area contributed by atoms with Gasteiger partial charge in [-0.2, -0.15) is 9.78 Å². The van der Waals surface area contributed by atoms with Crippen molar-refractivity contribution in [3.8, 4) is 5.95 Å². The first-order valence-corrected chi connectivity index (χ1v) is 8.58. The number of anilines is 1. The van der Waals surface area contributed by atoms with Gasteiger partial charge in [0.2, 0.25) is 0 Å². The SMILES string of the molecule is CC(C)(C)c1cc(NC(=O)c2cc(C3CC3)on2)n(-c2ncccn2)n1. The molecule has 0 aromatic carbocycles. The van der Waals surface area contributed by atoms with Crippen LogP contribution < -0.4 is 5.32 Å². The van der Waals surface area contributed by atoms with Crippen LogP contribution in [0.4, 0.5) is 5.82 Å². The lowest BCUT2D eigenvalue weighted by Crippen LogP contribution is -2.16. The van der Waals surface area contributed by atoms with Gasteiger partial charge in [0, 0.05) is 35.9 Å². The third-order valence-electron chi connectivity index (χ3n) is 4.20. The highest BCUT2D eigenvalue weighted by Crippen LogP contribution is 2.40. The van der Waals surface area contributed by atoms with Crippen molar-refractivity contribution in [3.63, 3.8) is 0 Å². The lowest BCUT2D eigenvalue weighted by atomic mass is 9.92. The first-order chi connectivity index (χ1) is 12.4. The van der Waals surface area contributed by atoms with E-state index in [9.17, 15) is 4.79 Å². The molecule has 0 bridgehead atoms. The number of carbonyl (C=O) groups is 1. The zero-order chi connectivity index (χ0) is 18.3. The molecular formula is C18H20N6O2. The van der Waals surface area contributed by atoms with Crippen LogP contribution >= 0.6 is 0 Å². The Kier molecular flexibility index (Phi) is 3.82. The van der Waals surface area contributed by atoms with Crippen molar-refractivity contribution in [1.82, 2.24) is 24.9 Å². The quantitative estimate of drug-likeness (QED) is 0.775. The lowest BCUT2D eigenvalue weighted by molar-refractivity contribution is 0.101. The molecule has 134 valence electrons. The third-order valence-corrected chi connectivity index (χ3v) is 4.20. The number of nitrogens with zero attached hydrogens (tertiary/aromatic N) is 5. The number of rotatable bonds is 4. The van der Waals surface area contributed by atoms with Gasteiger partial charge < -0.3 is 9.84 Å². The first kappa shape index (κ1) is 16.4. The molecule has 0 atom stereocenters. The van der Waals surface area contributed by atoms with Gasteiger partial charge in [0.25, 0.3) is 11.9 Å². The van der Waals surface area contributed by atoms with Crippen LogP contribution in [-0.4, -0.2) is 30.8 Å². The smallest absolute Gasteiger partial charge is 0.279 e. The van der Waals surface area contributed by atoms with Gasteiger partial charge in [-0.05, 0) is 18.9 Å². The predicted octanol–water partition coefficient (Wildman–Crippen LogP) is 3.08. The van der Waals surface area contributed by atoms with E-state index in [2.05, 4.69) is 46.3 Å². The number of aromatic nitrogens is 5. The van der Waals surface area contributed by atoms with Crippen molar-refractivity contribution in [2.45, 2.75) is 44.9 Å². The van der Waals surface area contributed by atoms with Crippen molar-refractivity contribution in [2.75, 3.05) is 5.32 Å². The molecule has 1 aliphatic carbocycles. The van der Waals surface area contributed by atoms with E-state index < -0.39 is 0 Å². The highest BCUT2D eigenvalue weighted by atomic mass is 16.5. The summed E-state index contributed by atoms with van der Waals surface area (Å²) in [6.45, 7) is 6.16. The monoisotopic (exact) mass is 352 g/mol. The molecule has 8 heteroatoms. The van der Waals surface area contributed by atoms with Crippen LogP contribution in [0.3, 0.4) is 0 Å². The third kappa shape index (κ3) is 3.22. The second kappa shape index (κ2) is 6.05. The minimum atomic E-state index is -0.349. The van der Waals surface area contributed by atoms with Gasteiger partial charge in [-0.3, -0.25) is 4.79 Å². The molecule has 3 heterocycles. The Balaban J connectivity index is 1.65. The molecular weight excluding hydrogens is 332 g/mol. The molecule has 3 aromatic heterocycles. The summed E-state index contributed by atoms with van der Waals surface area (Å²) in [6, 6.07) is 5.26. The molecule has 0 saturated heterocycles. The molecule has 0 aliphatic heterocycles. The molecule has 3 aromatic rings. The van der Waals surface area contributed by atoms with Gasteiger partial charge in [-0.15, -0.1) is 0 Å². The zero-order valence-electron chi connectivity index (χ0n) is 14.9. The van der Waals surface area contributed by atoms with Crippen LogP contribution in [0.2, 0.25) is 0 Å². The Hall–Kier alpha value is -3.03. The molecule has 1 aliphatic rings. The summed E-state index contributed by atoms with van der Waals surface area (Å²) in [5.41, 5.74) is 0.886. The topological polar surface area (TPSA) is 98.7 Å². The van der Waals surface area contributed by atoms with Crippen LogP contribution in [0.15, 0.2) is 35.1 Å². The fourth-order valence-corrected chi connectivity index (χ4v) is 2.53. The van der Waals surface area contributed by atoms with Gasteiger partial charge in [-0.1, -0.05) is 25.9 Å². The minimum Gasteiger partial charge on any atom is -0.360 e.